The number of nitrogens with zero attached hydrogens (tertiary/aromatic N) is 2. The third-order valence-electron chi connectivity index (χ3n) is 3.08. The van der Waals surface area contributed by atoms with Crippen LogP contribution in [0.4, 0.5) is 4.39 Å². The first-order valence-corrected chi connectivity index (χ1v) is 6.62. The SMILES string of the molecule is CC(C)N(CC(=O)O)Cc1coc(-c2ccc(F)cc2)n1. The van der Waals surface area contributed by atoms with Gasteiger partial charge in [-0.3, -0.25) is 9.69 Å². The standard InChI is InChI=1S/C15H17FN2O3/c1-10(2)18(8-14(19)20)7-13-9-21-15(17-13)11-3-5-12(16)6-4-11/h3-6,9-10H,7-8H2,1-2H3,(H,19,20). The lowest BCUT2D eigenvalue weighted by Crippen LogP contribution is -2.35. The topological polar surface area (TPSA) is 66.6 Å². The van der Waals surface area contributed by atoms with Crippen LogP contribution in [0.1, 0.15) is 19.5 Å². The van der Waals surface area contributed by atoms with Gasteiger partial charge in [0.1, 0.15) is 12.1 Å². The largest absolute Gasteiger partial charge is 0.480 e. The normalized spacial score (nSPS) is 11.3. The van der Waals surface area contributed by atoms with Crippen molar-refractivity contribution in [1.82, 2.24) is 9.88 Å². The van der Waals surface area contributed by atoms with Crippen molar-refractivity contribution < 1.29 is 18.7 Å². The van der Waals surface area contributed by atoms with Crippen LogP contribution in [0.15, 0.2) is 34.9 Å². The third-order valence-corrected chi connectivity index (χ3v) is 3.08. The molecule has 0 saturated heterocycles. The Labute approximate surface area is 122 Å². The molecule has 1 aromatic carbocycles. The van der Waals surface area contributed by atoms with E-state index in [9.17, 15) is 9.18 Å². The van der Waals surface area contributed by atoms with Gasteiger partial charge >= 0.3 is 5.97 Å². The molecule has 0 amide bonds. The second kappa shape index (κ2) is 6.49. The highest BCUT2D eigenvalue weighted by Gasteiger charge is 2.16. The van der Waals surface area contributed by atoms with Crippen molar-refractivity contribution in [3.63, 3.8) is 0 Å². The smallest absolute Gasteiger partial charge is 0.317 e. The number of benzene rings is 1. The lowest BCUT2D eigenvalue weighted by molar-refractivity contribution is -0.139. The summed E-state index contributed by atoms with van der Waals surface area (Å²) in [5.41, 5.74) is 1.32. The molecule has 0 unspecified atom stereocenters. The number of carboxylic acid groups (broad SMARTS) is 1. The van der Waals surface area contributed by atoms with Crippen LogP contribution in [0.5, 0.6) is 0 Å². The van der Waals surface area contributed by atoms with E-state index in [0.717, 1.165) is 0 Å². The average Bonchev–Trinajstić information content (AvgIpc) is 2.87. The van der Waals surface area contributed by atoms with E-state index < -0.39 is 5.97 Å². The maximum Gasteiger partial charge on any atom is 0.317 e. The summed E-state index contributed by atoms with van der Waals surface area (Å²) in [6, 6.07) is 5.92. The summed E-state index contributed by atoms with van der Waals surface area (Å²) in [6.07, 6.45) is 1.50. The van der Waals surface area contributed by atoms with Gasteiger partial charge in [-0.1, -0.05) is 0 Å². The third kappa shape index (κ3) is 4.13. The van der Waals surface area contributed by atoms with Crippen molar-refractivity contribution in [2.45, 2.75) is 26.4 Å². The molecule has 2 aromatic rings. The van der Waals surface area contributed by atoms with Gasteiger partial charge in [0.05, 0.1) is 12.2 Å². The first kappa shape index (κ1) is 15.2. The molecule has 21 heavy (non-hydrogen) atoms. The maximum absolute atomic E-state index is 12.9. The summed E-state index contributed by atoms with van der Waals surface area (Å²) in [5.74, 6) is -0.812. The van der Waals surface area contributed by atoms with Crippen molar-refractivity contribution in [2.24, 2.45) is 0 Å². The molecular formula is C15H17FN2O3. The van der Waals surface area contributed by atoms with Crippen LogP contribution in [-0.4, -0.2) is 33.5 Å². The first-order chi connectivity index (χ1) is 9.95. The van der Waals surface area contributed by atoms with Crippen LogP contribution in [0.25, 0.3) is 11.5 Å². The van der Waals surface area contributed by atoms with Gasteiger partial charge in [0.2, 0.25) is 5.89 Å². The highest BCUT2D eigenvalue weighted by Crippen LogP contribution is 2.19. The highest BCUT2D eigenvalue weighted by molar-refractivity contribution is 5.69. The van der Waals surface area contributed by atoms with E-state index in [4.69, 9.17) is 9.52 Å². The van der Waals surface area contributed by atoms with Gasteiger partial charge in [0, 0.05) is 18.2 Å². The van der Waals surface area contributed by atoms with E-state index in [1.54, 1.807) is 17.0 Å². The van der Waals surface area contributed by atoms with E-state index >= 15 is 0 Å². The van der Waals surface area contributed by atoms with Crippen LogP contribution in [0.2, 0.25) is 0 Å². The molecule has 1 N–H and O–H groups in total. The zero-order valence-corrected chi connectivity index (χ0v) is 11.9. The summed E-state index contributed by atoms with van der Waals surface area (Å²) in [5, 5.41) is 8.90. The second-order valence-corrected chi connectivity index (χ2v) is 5.04. The first-order valence-electron chi connectivity index (χ1n) is 6.62. The van der Waals surface area contributed by atoms with E-state index in [1.165, 1.54) is 18.4 Å². The predicted molar refractivity (Wildman–Crippen MR) is 75.1 cm³/mol. The summed E-state index contributed by atoms with van der Waals surface area (Å²) < 4.78 is 18.2. The monoisotopic (exact) mass is 292 g/mol. The van der Waals surface area contributed by atoms with Gasteiger partial charge in [0.15, 0.2) is 0 Å². The van der Waals surface area contributed by atoms with Gasteiger partial charge in [-0.15, -0.1) is 0 Å². The Balaban J connectivity index is 2.11. The van der Waals surface area contributed by atoms with Crippen LogP contribution >= 0.6 is 0 Å². The average molecular weight is 292 g/mol. The molecule has 0 aliphatic carbocycles. The van der Waals surface area contributed by atoms with E-state index in [-0.39, 0.29) is 18.4 Å². The number of carbonyl (C=O) groups is 1. The minimum Gasteiger partial charge on any atom is -0.480 e. The fraction of sp³-hybridized carbons (Fsp3) is 0.333. The number of oxazole rings is 1. The van der Waals surface area contributed by atoms with Crippen molar-refractivity contribution in [1.29, 1.82) is 0 Å². The van der Waals surface area contributed by atoms with Crippen LogP contribution < -0.4 is 0 Å². The molecule has 0 aliphatic rings. The van der Waals surface area contributed by atoms with E-state index in [1.807, 2.05) is 13.8 Å². The molecule has 1 heterocycles. The van der Waals surface area contributed by atoms with Crippen LogP contribution in [0.3, 0.4) is 0 Å². The van der Waals surface area contributed by atoms with Gasteiger partial charge in [-0.05, 0) is 38.1 Å². The number of carboxylic acids is 1. The van der Waals surface area contributed by atoms with E-state index in [2.05, 4.69) is 4.98 Å². The Kier molecular flexibility index (Phi) is 4.70. The lowest BCUT2D eigenvalue weighted by atomic mass is 10.2. The van der Waals surface area contributed by atoms with Gasteiger partial charge in [-0.25, -0.2) is 9.37 Å². The van der Waals surface area contributed by atoms with Gasteiger partial charge in [-0.2, -0.15) is 0 Å². The Morgan fingerprint density at radius 1 is 1.38 bits per heavy atom. The Morgan fingerprint density at radius 2 is 2.05 bits per heavy atom. The number of aliphatic carboxylic acids is 1. The molecule has 1 aromatic heterocycles. The molecule has 0 bridgehead atoms. The molecule has 0 atom stereocenters. The summed E-state index contributed by atoms with van der Waals surface area (Å²) in [7, 11) is 0. The summed E-state index contributed by atoms with van der Waals surface area (Å²) in [6.45, 7) is 4.17. The van der Waals surface area contributed by atoms with Crippen molar-refractivity contribution in [3.8, 4) is 11.5 Å². The molecule has 112 valence electrons. The number of rotatable bonds is 6. The zero-order chi connectivity index (χ0) is 15.4. The summed E-state index contributed by atoms with van der Waals surface area (Å²) >= 11 is 0. The number of hydrogen-bond acceptors (Lipinski definition) is 4. The van der Waals surface area contributed by atoms with Gasteiger partial charge in [0.25, 0.3) is 0 Å². The minimum absolute atomic E-state index is 0.0591. The molecule has 5 nitrogen and oxygen atoms in total. The number of halogens is 1. The minimum atomic E-state index is -0.883. The van der Waals surface area contributed by atoms with Crippen LogP contribution in [-0.2, 0) is 11.3 Å². The predicted octanol–water partition coefficient (Wildman–Crippen LogP) is 2.78. The molecule has 0 aliphatic heterocycles. The summed E-state index contributed by atoms with van der Waals surface area (Å²) in [4.78, 5) is 16.9. The molecule has 0 fully saturated rings. The highest BCUT2D eigenvalue weighted by atomic mass is 19.1. The fourth-order valence-electron chi connectivity index (χ4n) is 1.91. The quantitative estimate of drug-likeness (QED) is 0.886. The molecule has 0 radical (unpaired) electrons. The Hall–Kier alpha value is -2.21. The molecule has 0 spiro atoms. The van der Waals surface area contributed by atoms with Crippen molar-refractivity contribution in [3.05, 3.63) is 42.0 Å². The van der Waals surface area contributed by atoms with Crippen molar-refractivity contribution in [2.75, 3.05) is 6.54 Å². The maximum atomic E-state index is 12.9. The molecule has 6 heteroatoms. The Bertz CT molecular complexity index is 608. The van der Waals surface area contributed by atoms with Crippen LogP contribution in [0, 0.1) is 5.82 Å². The Morgan fingerprint density at radius 3 is 2.62 bits per heavy atom. The fourth-order valence-corrected chi connectivity index (χ4v) is 1.91. The van der Waals surface area contributed by atoms with Crippen molar-refractivity contribution >= 4 is 5.97 Å². The lowest BCUT2D eigenvalue weighted by Gasteiger charge is -2.22. The molecule has 0 saturated carbocycles. The van der Waals surface area contributed by atoms with E-state index in [0.29, 0.717) is 23.7 Å². The number of hydrogen-bond donors (Lipinski definition) is 1. The number of aromatic nitrogens is 1. The molecule has 2 rings (SSSR count). The second-order valence-electron chi connectivity index (χ2n) is 5.04. The zero-order valence-electron chi connectivity index (χ0n) is 11.9. The molecular weight excluding hydrogens is 275 g/mol. The van der Waals surface area contributed by atoms with Gasteiger partial charge < -0.3 is 9.52 Å².